The molecule has 4 heteroatoms. The molecule has 0 aromatic carbocycles. The number of ketones is 2. The van der Waals surface area contributed by atoms with Crippen molar-refractivity contribution < 1.29 is 19.8 Å². The zero-order valence-electron chi connectivity index (χ0n) is 11.9. The molecule has 0 aromatic rings. The molecule has 19 heavy (non-hydrogen) atoms. The van der Waals surface area contributed by atoms with Gasteiger partial charge >= 0.3 is 0 Å². The molecule has 1 fully saturated rings. The van der Waals surface area contributed by atoms with Crippen molar-refractivity contribution in [2.24, 2.45) is 11.8 Å². The molecule has 0 radical (unpaired) electrons. The molecule has 0 saturated heterocycles. The van der Waals surface area contributed by atoms with Crippen LogP contribution in [-0.4, -0.2) is 27.9 Å². The molecule has 1 aliphatic carbocycles. The highest BCUT2D eigenvalue weighted by atomic mass is 16.3. The topological polar surface area (TPSA) is 74.6 Å². The molecule has 4 nitrogen and oxygen atoms in total. The summed E-state index contributed by atoms with van der Waals surface area (Å²) in [5.41, 5.74) is 0.824. The fourth-order valence-electron chi connectivity index (χ4n) is 2.15. The maximum Gasteiger partial charge on any atom is 0.199 e. The van der Waals surface area contributed by atoms with Gasteiger partial charge in [-0.05, 0) is 26.2 Å². The molecule has 2 N–H and O–H groups in total. The summed E-state index contributed by atoms with van der Waals surface area (Å²) in [4.78, 5) is 24.0. The van der Waals surface area contributed by atoms with E-state index in [9.17, 15) is 19.8 Å². The predicted octanol–water partition coefficient (Wildman–Crippen LogP) is 2.33. The number of carbonyl (C=O) groups excluding carboxylic acids is 2. The van der Waals surface area contributed by atoms with Gasteiger partial charge in [-0.1, -0.05) is 25.5 Å². The predicted molar refractivity (Wildman–Crippen MR) is 72.7 cm³/mol. The Morgan fingerprint density at radius 1 is 1.26 bits per heavy atom. The number of carbonyl (C=O) groups is 2. The number of aliphatic hydroxyl groups is 2. The van der Waals surface area contributed by atoms with Crippen LogP contribution in [0.3, 0.4) is 0 Å². The first kappa shape index (κ1) is 15.6. The number of hydrogen-bond donors (Lipinski definition) is 2. The van der Waals surface area contributed by atoms with Crippen LogP contribution < -0.4 is 0 Å². The van der Waals surface area contributed by atoms with Crippen LogP contribution in [0, 0.1) is 11.8 Å². The van der Waals surface area contributed by atoms with E-state index in [4.69, 9.17) is 0 Å². The number of allylic oxidation sites excluding steroid dienone is 3. The maximum atomic E-state index is 12.1. The Hall–Kier alpha value is -1.42. The fourth-order valence-corrected chi connectivity index (χ4v) is 2.15. The molecular formula is C15H22O4. The molecule has 0 aromatic heterocycles. The summed E-state index contributed by atoms with van der Waals surface area (Å²) in [6.45, 7) is 7.55. The smallest absolute Gasteiger partial charge is 0.199 e. The maximum absolute atomic E-state index is 12.1. The molecule has 0 heterocycles. The minimum Gasteiger partial charge on any atom is -0.511 e. The van der Waals surface area contributed by atoms with Crippen LogP contribution in [0.5, 0.6) is 0 Å². The Bertz CT molecular complexity index is 439. The Morgan fingerprint density at radius 2 is 1.84 bits per heavy atom. The van der Waals surface area contributed by atoms with E-state index >= 15 is 0 Å². The second-order valence-electron chi connectivity index (χ2n) is 5.72. The second kappa shape index (κ2) is 6.15. The van der Waals surface area contributed by atoms with E-state index in [-0.39, 0.29) is 23.7 Å². The number of Topliss-reactive ketones (excluding diaryl/α,β-unsaturated/α-hetero) is 2. The minimum absolute atomic E-state index is 0.141. The first-order valence-corrected chi connectivity index (χ1v) is 6.57. The second-order valence-corrected chi connectivity index (χ2v) is 5.72. The van der Waals surface area contributed by atoms with E-state index in [2.05, 4.69) is 0 Å². The van der Waals surface area contributed by atoms with Crippen LogP contribution in [-0.2, 0) is 9.59 Å². The molecule has 1 saturated carbocycles. The van der Waals surface area contributed by atoms with E-state index in [1.165, 1.54) is 0 Å². The lowest BCUT2D eigenvalue weighted by Crippen LogP contribution is -2.22. The highest BCUT2D eigenvalue weighted by Crippen LogP contribution is 2.30. The Kier molecular flexibility index (Phi) is 5.06. The summed E-state index contributed by atoms with van der Waals surface area (Å²) < 4.78 is 0. The average Bonchev–Trinajstić information content (AvgIpc) is 2.47. The zero-order valence-corrected chi connectivity index (χ0v) is 11.9. The summed E-state index contributed by atoms with van der Waals surface area (Å²) in [5, 5.41) is 19.7. The van der Waals surface area contributed by atoms with Crippen molar-refractivity contribution >= 4 is 11.6 Å². The van der Waals surface area contributed by atoms with E-state index < -0.39 is 23.6 Å². The highest BCUT2D eigenvalue weighted by molar-refractivity contribution is 6.28. The first-order valence-electron chi connectivity index (χ1n) is 6.57. The lowest BCUT2D eigenvalue weighted by molar-refractivity contribution is -0.124. The van der Waals surface area contributed by atoms with Crippen LogP contribution in [0.4, 0.5) is 0 Å². The van der Waals surface area contributed by atoms with Gasteiger partial charge in [0.2, 0.25) is 0 Å². The van der Waals surface area contributed by atoms with Crippen molar-refractivity contribution in [1.82, 2.24) is 0 Å². The quantitative estimate of drug-likeness (QED) is 0.354. The van der Waals surface area contributed by atoms with Gasteiger partial charge in [-0.3, -0.25) is 9.59 Å². The molecule has 1 aliphatic rings. The molecule has 2 atom stereocenters. The molecule has 0 bridgehead atoms. The SMILES string of the molecule is CC(C)=CC[C@H]1C(=O)/C(=C(\O)CC(C)C)C(=O)[C@@H]1O. The third-order valence-corrected chi connectivity index (χ3v) is 3.15. The van der Waals surface area contributed by atoms with Gasteiger partial charge in [0.15, 0.2) is 11.6 Å². The van der Waals surface area contributed by atoms with Crippen molar-refractivity contribution in [1.29, 1.82) is 0 Å². The molecule has 0 aliphatic heterocycles. The molecule has 0 spiro atoms. The lowest BCUT2D eigenvalue weighted by atomic mass is 9.98. The molecule has 0 unspecified atom stereocenters. The van der Waals surface area contributed by atoms with Crippen molar-refractivity contribution in [3.8, 4) is 0 Å². The summed E-state index contributed by atoms with van der Waals surface area (Å²) in [5.74, 6) is -1.89. The average molecular weight is 266 g/mol. The summed E-state index contributed by atoms with van der Waals surface area (Å²) in [7, 11) is 0. The van der Waals surface area contributed by atoms with Crippen LogP contribution in [0.25, 0.3) is 0 Å². The van der Waals surface area contributed by atoms with Crippen LogP contribution in [0.15, 0.2) is 23.0 Å². The third kappa shape index (κ3) is 3.53. The van der Waals surface area contributed by atoms with E-state index in [0.29, 0.717) is 6.42 Å². The normalized spacial score (nSPS) is 26.0. The van der Waals surface area contributed by atoms with Crippen molar-refractivity contribution in [3.05, 3.63) is 23.0 Å². The Labute approximate surface area is 113 Å². The summed E-state index contributed by atoms with van der Waals surface area (Å²) in [6.07, 6.45) is 1.09. The lowest BCUT2D eigenvalue weighted by Gasteiger charge is -2.08. The van der Waals surface area contributed by atoms with Gasteiger partial charge in [0.25, 0.3) is 0 Å². The van der Waals surface area contributed by atoms with Gasteiger partial charge < -0.3 is 10.2 Å². The monoisotopic (exact) mass is 266 g/mol. The van der Waals surface area contributed by atoms with Crippen molar-refractivity contribution in [2.75, 3.05) is 0 Å². The largest absolute Gasteiger partial charge is 0.511 e. The van der Waals surface area contributed by atoms with Crippen LogP contribution in [0.2, 0.25) is 0 Å². The van der Waals surface area contributed by atoms with Gasteiger partial charge in [0, 0.05) is 6.42 Å². The van der Waals surface area contributed by atoms with Crippen LogP contribution >= 0.6 is 0 Å². The molecule has 0 amide bonds. The van der Waals surface area contributed by atoms with Gasteiger partial charge in [-0.15, -0.1) is 0 Å². The third-order valence-electron chi connectivity index (χ3n) is 3.15. The van der Waals surface area contributed by atoms with Crippen molar-refractivity contribution in [2.45, 2.75) is 46.6 Å². The number of aliphatic hydroxyl groups excluding tert-OH is 2. The van der Waals surface area contributed by atoms with Gasteiger partial charge in [-0.2, -0.15) is 0 Å². The summed E-state index contributed by atoms with van der Waals surface area (Å²) >= 11 is 0. The van der Waals surface area contributed by atoms with E-state index in [0.717, 1.165) is 5.57 Å². The van der Waals surface area contributed by atoms with E-state index in [1.54, 1.807) is 0 Å². The van der Waals surface area contributed by atoms with Crippen LogP contribution in [0.1, 0.15) is 40.5 Å². The fraction of sp³-hybridized carbons (Fsp3) is 0.600. The van der Waals surface area contributed by atoms with Gasteiger partial charge in [0.05, 0.1) is 5.92 Å². The van der Waals surface area contributed by atoms with Gasteiger partial charge in [0.1, 0.15) is 17.4 Å². The number of hydrogen-bond acceptors (Lipinski definition) is 4. The Morgan fingerprint density at radius 3 is 2.32 bits per heavy atom. The standard InChI is InChI=1S/C15H22O4/c1-8(2)5-6-10-13(17)12(15(19)14(10)18)11(16)7-9(3)4/h5,9-10,14,16,18H,6-7H2,1-4H3/b12-11+/t10-,14+/m0/s1. The number of rotatable bonds is 4. The highest BCUT2D eigenvalue weighted by Gasteiger charge is 2.45. The van der Waals surface area contributed by atoms with Crippen molar-refractivity contribution in [3.63, 3.8) is 0 Å². The zero-order chi connectivity index (χ0) is 14.7. The molecule has 1 rings (SSSR count). The molecular weight excluding hydrogens is 244 g/mol. The minimum atomic E-state index is -1.33. The molecule has 106 valence electrons. The first-order chi connectivity index (χ1) is 8.75. The Balaban J connectivity index is 3.02. The van der Waals surface area contributed by atoms with Gasteiger partial charge in [-0.25, -0.2) is 0 Å². The van der Waals surface area contributed by atoms with E-state index in [1.807, 2.05) is 33.8 Å². The summed E-state index contributed by atoms with van der Waals surface area (Å²) in [6, 6.07) is 0.